The second-order valence-corrected chi connectivity index (χ2v) is 7.41. The standard InChI is InChI=1S/C23H24FN5O/c1-3-18-13-22(28-23(26-18)21-6-4-5-10-25-21)27-20-9-11-29(15(2)30)14-16-12-17(24)7-8-19(16)20/h4-8,10,12-13,20H,3,9,11,14H2,1-2H3,(H,26,27,28). The van der Waals surface area contributed by atoms with E-state index >= 15 is 0 Å². The van der Waals surface area contributed by atoms with E-state index < -0.39 is 0 Å². The van der Waals surface area contributed by atoms with Crippen molar-refractivity contribution in [3.8, 4) is 11.5 Å². The van der Waals surface area contributed by atoms with E-state index in [0.717, 1.165) is 23.2 Å². The van der Waals surface area contributed by atoms with Crippen LogP contribution in [-0.2, 0) is 17.8 Å². The molecule has 30 heavy (non-hydrogen) atoms. The van der Waals surface area contributed by atoms with Gasteiger partial charge in [-0.2, -0.15) is 0 Å². The fourth-order valence-corrected chi connectivity index (χ4v) is 3.74. The maximum atomic E-state index is 13.9. The van der Waals surface area contributed by atoms with Crippen molar-refractivity contribution in [3.05, 3.63) is 71.3 Å². The summed E-state index contributed by atoms with van der Waals surface area (Å²) >= 11 is 0. The molecule has 6 nitrogen and oxygen atoms in total. The first-order valence-electron chi connectivity index (χ1n) is 10.1. The minimum atomic E-state index is -0.300. The Kier molecular flexibility index (Phi) is 5.70. The number of pyridine rings is 1. The first-order chi connectivity index (χ1) is 14.5. The molecule has 0 bridgehead atoms. The Morgan fingerprint density at radius 1 is 1.23 bits per heavy atom. The highest BCUT2D eigenvalue weighted by Crippen LogP contribution is 2.30. The molecule has 0 fully saturated rings. The Labute approximate surface area is 175 Å². The summed E-state index contributed by atoms with van der Waals surface area (Å²) < 4.78 is 13.9. The third-order valence-electron chi connectivity index (χ3n) is 5.33. The fourth-order valence-electron chi connectivity index (χ4n) is 3.74. The predicted octanol–water partition coefficient (Wildman–Crippen LogP) is 4.15. The number of amides is 1. The van der Waals surface area contributed by atoms with Crippen molar-refractivity contribution < 1.29 is 9.18 Å². The van der Waals surface area contributed by atoms with Gasteiger partial charge >= 0.3 is 0 Å². The van der Waals surface area contributed by atoms with Crippen LogP contribution >= 0.6 is 0 Å². The van der Waals surface area contributed by atoms with Crippen LogP contribution in [0.25, 0.3) is 11.5 Å². The monoisotopic (exact) mass is 405 g/mol. The quantitative estimate of drug-likeness (QED) is 0.706. The summed E-state index contributed by atoms with van der Waals surface area (Å²) in [6, 6.07) is 12.3. The maximum absolute atomic E-state index is 13.9. The summed E-state index contributed by atoms with van der Waals surface area (Å²) in [5, 5.41) is 3.50. The zero-order valence-electron chi connectivity index (χ0n) is 17.1. The Morgan fingerprint density at radius 2 is 2.10 bits per heavy atom. The topological polar surface area (TPSA) is 71.0 Å². The Balaban J connectivity index is 1.69. The number of nitrogens with zero attached hydrogens (tertiary/aromatic N) is 4. The molecule has 1 atom stereocenters. The van der Waals surface area contributed by atoms with Gasteiger partial charge in [0.2, 0.25) is 5.91 Å². The minimum absolute atomic E-state index is 0.0152. The van der Waals surface area contributed by atoms with E-state index in [0.29, 0.717) is 36.8 Å². The summed E-state index contributed by atoms with van der Waals surface area (Å²) in [5.41, 5.74) is 3.42. The lowest BCUT2D eigenvalue weighted by molar-refractivity contribution is -0.129. The van der Waals surface area contributed by atoms with Crippen LogP contribution < -0.4 is 5.32 Å². The molecular weight excluding hydrogens is 381 g/mol. The molecule has 3 heterocycles. The van der Waals surface area contributed by atoms with Gasteiger partial charge in [-0.05, 0) is 48.2 Å². The van der Waals surface area contributed by atoms with Crippen molar-refractivity contribution in [2.75, 3.05) is 11.9 Å². The van der Waals surface area contributed by atoms with Crippen molar-refractivity contribution in [2.24, 2.45) is 0 Å². The van der Waals surface area contributed by atoms with Crippen molar-refractivity contribution >= 4 is 11.7 Å². The molecule has 7 heteroatoms. The van der Waals surface area contributed by atoms with Gasteiger partial charge in [0.15, 0.2) is 5.82 Å². The lowest BCUT2D eigenvalue weighted by Gasteiger charge is -2.20. The van der Waals surface area contributed by atoms with Gasteiger partial charge in [0.1, 0.15) is 17.3 Å². The van der Waals surface area contributed by atoms with Crippen LogP contribution in [0.2, 0.25) is 0 Å². The number of benzene rings is 1. The zero-order valence-corrected chi connectivity index (χ0v) is 17.1. The second kappa shape index (κ2) is 8.57. The lowest BCUT2D eigenvalue weighted by Crippen LogP contribution is -2.28. The third-order valence-corrected chi connectivity index (χ3v) is 5.33. The summed E-state index contributed by atoms with van der Waals surface area (Å²) in [4.78, 5) is 27.4. The molecule has 1 aliphatic heterocycles. The van der Waals surface area contributed by atoms with E-state index in [2.05, 4.69) is 20.3 Å². The van der Waals surface area contributed by atoms with Crippen molar-refractivity contribution in [3.63, 3.8) is 0 Å². The number of aryl methyl sites for hydroxylation is 1. The number of hydrogen-bond donors (Lipinski definition) is 1. The molecule has 0 spiro atoms. The van der Waals surface area contributed by atoms with Gasteiger partial charge in [0.05, 0.1) is 6.04 Å². The number of halogens is 1. The molecule has 0 saturated heterocycles. The second-order valence-electron chi connectivity index (χ2n) is 7.41. The molecule has 3 aromatic rings. The number of aromatic nitrogens is 3. The van der Waals surface area contributed by atoms with Gasteiger partial charge in [-0.25, -0.2) is 14.4 Å². The van der Waals surface area contributed by atoms with E-state index in [4.69, 9.17) is 0 Å². The molecule has 154 valence electrons. The van der Waals surface area contributed by atoms with Gasteiger partial charge < -0.3 is 10.2 Å². The van der Waals surface area contributed by atoms with Gasteiger partial charge in [-0.3, -0.25) is 9.78 Å². The molecular formula is C23H24FN5O. The first-order valence-corrected chi connectivity index (χ1v) is 10.1. The highest BCUT2D eigenvalue weighted by molar-refractivity contribution is 5.73. The van der Waals surface area contributed by atoms with Crippen LogP contribution in [0, 0.1) is 5.82 Å². The maximum Gasteiger partial charge on any atom is 0.219 e. The molecule has 0 radical (unpaired) electrons. The average Bonchev–Trinajstić information content (AvgIpc) is 2.93. The van der Waals surface area contributed by atoms with Crippen LogP contribution in [0.5, 0.6) is 0 Å². The minimum Gasteiger partial charge on any atom is -0.363 e. The molecule has 1 N–H and O–H groups in total. The Bertz CT molecular complexity index is 1060. The van der Waals surface area contributed by atoms with Crippen LogP contribution in [-0.4, -0.2) is 32.3 Å². The van der Waals surface area contributed by atoms with Crippen LogP contribution in [0.1, 0.15) is 43.1 Å². The highest BCUT2D eigenvalue weighted by Gasteiger charge is 2.24. The summed E-state index contributed by atoms with van der Waals surface area (Å²) in [6.07, 6.45) is 3.18. The number of hydrogen-bond acceptors (Lipinski definition) is 5. The lowest BCUT2D eigenvalue weighted by atomic mass is 9.99. The van der Waals surface area contributed by atoms with Crippen molar-refractivity contribution in [1.29, 1.82) is 0 Å². The van der Waals surface area contributed by atoms with Crippen molar-refractivity contribution in [1.82, 2.24) is 19.9 Å². The highest BCUT2D eigenvalue weighted by atomic mass is 19.1. The molecule has 1 aliphatic rings. The largest absolute Gasteiger partial charge is 0.363 e. The number of carbonyl (C=O) groups is 1. The van der Waals surface area contributed by atoms with E-state index in [1.165, 1.54) is 12.1 Å². The molecule has 0 saturated carbocycles. The van der Waals surface area contributed by atoms with Crippen LogP contribution in [0.3, 0.4) is 0 Å². The zero-order chi connectivity index (χ0) is 21.1. The smallest absolute Gasteiger partial charge is 0.219 e. The van der Waals surface area contributed by atoms with E-state index in [1.807, 2.05) is 31.2 Å². The van der Waals surface area contributed by atoms with E-state index in [-0.39, 0.29) is 17.8 Å². The molecule has 4 rings (SSSR count). The molecule has 2 aromatic heterocycles. The SMILES string of the molecule is CCc1cc(NC2CCN(C(C)=O)Cc3cc(F)ccc32)nc(-c2ccccn2)n1. The van der Waals surface area contributed by atoms with Gasteiger partial charge in [-0.15, -0.1) is 0 Å². The number of fused-ring (bicyclic) bond motifs is 1. The van der Waals surface area contributed by atoms with Gasteiger partial charge in [0.25, 0.3) is 0 Å². The molecule has 0 aliphatic carbocycles. The Morgan fingerprint density at radius 3 is 2.83 bits per heavy atom. The van der Waals surface area contributed by atoms with Crippen LogP contribution in [0.15, 0.2) is 48.7 Å². The van der Waals surface area contributed by atoms with E-state index in [9.17, 15) is 9.18 Å². The van der Waals surface area contributed by atoms with Gasteiger partial charge in [-0.1, -0.05) is 19.1 Å². The first kappa shape index (κ1) is 19.9. The van der Waals surface area contributed by atoms with Crippen molar-refractivity contribution in [2.45, 2.75) is 39.3 Å². The Hall–Kier alpha value is -3.35. The summed E-state index contributed by atoms with van der Waals surface area (Å²) in [6.45, 7) is 4.58. The fraction of sp³-hybridized carbons (Fsp3) is 0.304. The third kappa shape index (κ3) is 4.30. The molecule has 1 amide bonds. The van der Waals surface area contributed by atoms with Gasteiger partial charge in [0, 0.05) is 38.0 Å². The molecule has 1 unspecified atom stereocenters. The predicted molar refractivity (Wildman–Crippen MR) is 113 cm³/mol. The number of nitrogens with one attached hydrogen (secondary N) is 1. The normalized spacial score (nSPS) is 16.0. The number of carbonyl (C=O) groups excluding carboxylic acids is 1. The average molecular weight is 405 g/mol. The van der Waals surface area contributed by atoms with E-state index in [1.54, 1.807) is 24.1 Å². The molecule has 1 aromatic carbocycles. The summed E-state index contributed by atoms with van der Waals surface area (Å²) in [5.74, 6) is 0.944. The van der Waals surface area contributed by atoms with Crippen LogP contribution in [0.4, 0.5) is 10.2 Å². The number of rotatable bonds is 4. The summed E-state index contributed by atoms with van der Waals surface area (Å²) in [7, 11) is 0. The number of anilines is 1.